The third-order valence-electron chi connectivity index (χ3n) is 3.68. The highest BCUT2D eigenvalue weighted by molar-refractivity contribution is 6.31. The molecule has 0 spiro atoms. The summed E-state index contributed by atoms with van der Waals surface area (Å²) in [6.45, 7) is 2.01. The topological polar surface area (TPSA) is 80.6 Å². The van der Waals surface area contributed by atoms with Gasteiger partial charge < -0.3 is 19.8 Å². The molecule has 140 valence electrons. The number of carbonyl (C=O) groups excluding carboxylic acids is 2. The molecule has 0 saturated carbocycles. The summed E-state index contributed by atoms with van der Waals surface area (Å²) in [7, 11) is 0. The Bertz CT molecular complexity index is 1000. The maximum atomic E-state index is 13.3. The molecule has 0 aliphatic heterocycles. The second-order valence-corrected chi connectivity index (χ2v) is 5.98. The van der Waals surface area contributed by atoms with Crippen molar-refractivity contribution in [2.24, 2.45) is 0 Å². The van der Waals surface area contributed by atoms with Crippen LogP contribution in [0.2, 0.25) is 5.02 Å². The Morgan fingerprint density at radius 2 is 1.96 bits per heavy atom. The van der Waals surface area contributed by atoms with Crippen LogP contribution in [0.1, 0.15) is 17.5 Å². The molecule has 0 aliphatic rings. The normalized spacial score (nSPS) is 10.8. The van der Waals surface area contributed by atoms with Crippen molar-refractivity contribution < 1.29 is 23.1 Å². The number of halogens is 2. The largest absolute Gasteiger partial charge is 0.449 e. The number of amides is 2. The van der Waals surface area contributed by atoms with E-state index in [0.29, 0.717) is 23.3 Å². The predicted octanol–water partition coefficient (Wildman–Crippen LogP) is 4.45. The first-order valence-electron chi connectivity index (χ1n) is 8.15. The van der Waals surface area contributed by atoms with E-state index in [1.54, 1.807) is 31.2 Å². The van der Waals surface area contributed by atoms with E-state index < -0.39 is 17.6 Å². The maximum absolute atomic E-state index is 13.3. The molecule has 3 aromatic rings. The molecule has 0 aliphatic carbocycles. The number of furan rings is 1. The van der Waals surface area contributed by atoms with E-state index in [9.17, 15) is 14.0 Å². The molecule has 0 saturated heterocycles. The summed E-state index contributed by atoms with van der Waals surface area (Å²) >= 11 is 5.74. The van der Waals surface area contributed by atoms with Gasteiger partial charge in [0.25, 0.3) is 5.91 Å². The minimum atomic E-state index is -0.611. The fraction of sp³-hybridized carbons (Fsp3) is 0.158. The molecule has 2 amide bonds. The van der Waals surface area contributed by atoms with Gasteiger partial charge in [-0.1, -0.05) is 23.7 Å². The first-order chi connectivity index (χ1) is 13.0. The number of ether oxygens (including phenoxy) is 1. The Morgan fingerprint density at radius 3 is 2.70 bits per heavy atom. The number of benzene rings is 2. The fourth-order valence-electron chi connectivity index (χ4n) is 2.46. The number of fused-ring (bicyclic) bond motifs is 1. The molecule has 0 atom stereocenters. The number of rotatable bonds is 6. The van der Waals surface area contributed by atoms with Crippen molar-refractivity contribution in [3.63, 3.8) is 0 Å². The van der Waals surface area contributed by atoms with Crippen molar-refractivity contribution in [2.45, 2.75) is 6.92 Å². The van der Waals surface area contributed by atoms with Crippen LogP contribution in [0.25, 0.3) is 11.0 Å². The molecule has 2 N–H and O–H groups in total. The summed E-state index contributed by atoms with van der Waals surface area (Å²) in [5, 5.41) is 5.68. The summed E-state index contributed by atoms with van der Waals surface area (Å²) < 4.78 is 24.0. The van der Waals surface area contributed by atoms with Gasteiger partial charge in [-0.2, -0.15) is 0 Å². The Kier molecular flexibility index (Phi) is 5.73. The first-order valence-corrected chi connectivity index (χ1v) is 8.53. The van der Waals surface area contributed by atoms with E-state index in [-0.39, 0.29) is 23.1 Å². The molecule has 0 unspecified atom stereocenters. The van der Waals surface area contributed by atoms with Crippen LogP contribution in [-0.4, -0.2) is 25.0 Å². The average molecular weight is 391 g/mol. The van der Waals surface area contributed by atoms with Gasteiger partial charge in [0.1, 0.15) is 23.7 Å². The summed E-state index contributed by atoms with van der Waals surface area (Å²) in [5.41, 5.74) is 0.964. The number of hydrogen-bond acceptors (Lipinski definition) is 4. The summed E-state index contributed by atoms with van der Waals surface area (Å²) in [6, 6.07) is 10.7. The van der Waals surface area contributed by atoms with Gasteiger partial charge in [0.05, 0.1) is 5.02 Å². The molecule has 1 heterocycles. The van der Waals surface area contributed by atoms with Crippen molar-refractivity contribution in [3.05, 3.63) is 59.1 Å². The van der Waals surface area contributed by atoms with E-state index in [0.717, 1.165) is 6.07 Å². The van der Waals surface area contributed by atoms with Gasteiger partial charge in [-0.25, -0.2) is 4.39 Å². The second-order valence-electron chi connectivity index (χ2n) is 5.57. The number of carbonyl (C=O) groups is 2. The molecule has 6 nitrogen and oxygen atoms in total. The van der Waals surface area contributed by atoms with E-state index in [4.69, 9.17) is 20.8 Å². The van der Waals surface area contributed by atoms with Gasteiger partial charge in [0.2, 0.25) is 11.7 Å². The van der Waals surface area contributed by atoms with Crippen molar-refractivity contribution >= 4 is 45.8 Å². The van der Waals surface area contributed by atoms with Crippen LogP contribution in [0.5, 0.6) is 0 Å². The van der Waals surface area contributed by atoms with E-state index in [2.05, 4.69) is 10.6 Å². The van der Waals surface area contributed by atoms with Gasteiger partial charge in [0, 0.05) is 17.7 Å². The molecule has 27 heavy (non-hydrogen) atoms. The number of para-hydroxylation sites is 1. The Hall–Kier alpha value is -2.90. The van der Waals surface area contributed by atoms with Gasteiger partial charge in [-0.3, -0.25) is 9.59 Å². The lowest BCUT2D eigenvalue weighted by Crippen LogP contribution is -2.20. The maximum Gasteiger partial charge on any atom is 0.293 e. The number of nitrogens with one attached hydrogen (secondary N) is 2. The van der Waals surface area contributed by atoms with Crippen LogP contribution in [-0.2, 0) is 9.53 Å². The van der Waals surface area contributed by atoms with Crippen LogP contribution in [0, 0.1) is 5.82 Å². The molecule has 0 bridgehead atoms. The molecular formula is C19H16ClFN2O4. The zero-order chi connectivity index (χ0) is 19.4. The van der Waals surface area contributed by atoms with Gasteiger partial charge >= 0.3 is 0 Å². The quantitative estimate of drug-likeness (QED) is 0.651. The van der Waals surface area contributed by atoms with Crippen LogP contribution in [0.15, 0.2) is 46.9 Å². The highest BCUT2D eigenvalue weighted by Crippen LogP contribution is 2.31. The molecule has 3 rings (SSSR count). The van der Waals surface area contributed by atoms with Gasteiger partial charge in [-0.05, 0) is 37.3 Å². The summed E-state index contributed by atoms with van der Waals surface area (Å²) in [4.78, 5) is 24.7. The van der Waals surface area contributed by atoms with Crippen molar-refractivity contribution in [1.82, 2.24) is 0 Å². The van der Waals surface area contributed by atoms with E-state index >= 15 is 0 Å². The molecule has 1 aromatic heterocycles. The van der Waals surface area contributed by atoms with Crippen LogP contribution < -0.4 is 10.6 Å². The molecule has 0 fully saturated rings. The van der Waals surface area contributed by atoms with Crippen molar-refractivity contribution in [1.29, 1.82) is 0 Å². The Balaban J connectivity index is 1.92. The standard InChI is InChI=1S/C19H16ClFN2O4/c1-2-26-10-16(24)23-17-12-5-3-4-6-15(12)27-18(17)19(25)22-11-7-8-14(21)13(20)9-11/h3-9H,2,10H2,1H3,(H,22,25)(H,23,24). The SMILES string of the molecule is CCOCC(=O)Nc1c(C(=O)Nc2ccc(F)c(Cl)c2)oc2ccccc12. The lowest BCUT2D eigenvalue weighted by atomic mass is 10.2. The van der Waals surface area contributed by atoms with Crippen molar-refractivity contribution in [2.75, 3.05) is 23.8 Å². The first kappa shape index (κ1) is 18.9. The lowest BCUT2D eigenvalue weighted by Gasteiger charge is -2.08. The minimum Gasteiger partial charge on any atom is -0.449 e. The molecular weight excluding hydrogens is 375 g/mol. The molecule has 2 aromatic carbocycles. The third kappa shape index (κ3) is 4.27. The van der Waals surface area contributed by atoms with Gasteiger partial charge in [0.15, 0.2) is 0 Å². The Morgan fingerprint density at radius 1 is 1.19 bits per heavy atom. The Labute approximate surface area is 159 Å². The highest BCUT2D eigenvalue weighted by atomic mass is 35.5. The summed E-state index contributed by atoms with van der Waals surface area (Å²) in [6.07, 6.45) is 0. The zero-order valence-electron chi connectivity index (χ0n) is 14.3. The van der Waals surface area contributed by atoms with E-state index in [1.165, 1.54) is 12.1 Å². The van der Waals surface area contributed by atoms with Crippen molar-refractivity contribution in [3.8, 4) is 0 Å². The molecule has 8 heteroatoms. The minimum absolute atomic E-state index is 0.0819. The smallest absolute Gasteiger partial charge is 0.293 e. The monoisotopic (exact) mass is 390 g/mol. The predicted molar refractivity (Wildman–Crippen MR) is 101 cm³/mol. The lowest BCUT2D eigenvalue weighted by molar-refractivity contribution is -0.120. The highest BCUT2D eigenvalue weighted by Gasteiger charge is 2.22. The van der Waals surface area contributed by atoms with Crippen LogP contribution in [0.4, 0.5) is 15.8 Å². The number of anilines is 2. The second kappa shape index (κ2) is 8.20. The fourth-order valence-corrected chi connectivity index (χ4v) is 2.64. The zero-order valence-corrected chi connectivity index (χ0v) is 15.1. The average Bonchev–Trinajstić information content (AvgIpc) is 3.02. The van der Waals surface area contributed by atoms with E-state index in [1.807, 2.05) is 0 Å². The summed E-state index contributed by atoms with van der Waals surface area (Å²) in [5.74, 6) is -1.70. The van der Waals surface area contributed by atoms with Crippen LogP contribution in [0.3, 0.4) is 0 Å². The number of hydrogen-bond donors (Lipinski definition) is 2. The third-order valence-corrected chi connectivity index (χ3v) is 3.97. The molecule has 0 radical (unpaired) electrons. The van der Waals surface area contributed by atoms with Gasteiger partial charge in [-0.15, -0.1) is 0 Å². The van der Waals surface area contributed by atoms with Crippen LogP contribution >= 0.6 is 11.6 Å².